The van der Waals surface area contributed by atoms with E-state index < -0.39 is 0 Å². The van der Waals surface area contributed by atoms with Crippen molar-refractivity contribution in [1.29, 1.82) is 0 Å². The Hall–Kier alpha value is -2.31. The van der Waals surface area contributed by atoms with Crippen LogP contribution in [0, 0.1) is 0 Å². The third kappa shape index (κ3) is 3.84. The second-order valence-electron chi connectivity index (χ2n) is 4.17. The highest BCUT2D eigenvalue weighted by atomic mass is 16.5. The molecule has 0 saturated heterocycles. The van der Waals surface area contributed by atoms with Gasteiger partial charge in [0.05, 0.1) is 13.4 Å². The van der Waals surface area contributed by atoms with Crippen LogP contribution in [0.15, 0.2) is 22.8 Å². The molecule has 0 spiro atoms. The minimum atomic E-state index is 0.132. The molecule has 0 fully saturated rings. The molecule has 1 atom stereocenters. The van der Waals surface area contributed by atoms with Gasteiger partial charge < -0.3 is 20.2 Å². The van der Waals surface area contributed by atoms with Crippen LogP contribution in [0.3, 0.4) is 0 Å². The second-order valence-corrected chi connectivity index (χ2v) is 4.17. The maximum atomic E-state index is 5.56. The van der Waals surface area contributed by atoms with Crippen molar-refractivity contribution in [2.24, 2.45) is 0 Å². The average molecular weight is 263 g/mol. The third-order valence-corrected chi connectivity index (χ3v) is 2.59. The van der Waals surface area contributed by atoms with Crippen LogP contribution < -0.4 is 15.8 Å². The lowest BCUT2D eigenvalue weighted by atomic mass is 10.1. The number of aromatic nitrogens is 3. The zero-order chi connectivity index (χ0) is 13.7. The first-order chi connectivity index (χ1) is 9.17. The molecule has 1 unspecified atom stereocenters. The molecule has 2 heterocycles. The molecule has 2 aromatic rings. The van der Waals surface area contributed by atoms with Crippen molar-refractivity contribution in [2.75, 3.05) is 18.2 Å². The van der Waals surface area contributed by atoms with E-state index >= 15 is 0 Å². The Kier molecular flexibility index (Phi) is 4.17. The summed E-state index contributed by atoms with van der Waals surface area (Å²) in [7, 11) is 1.49. The Morgan fingerprint density at radius 2 is 2.26 bits per heavy atom. The molecule has 2 rings (SSSR count). The molecule has 0 aliphatic heterocycles. The number of anilines is 2. The SMILES string of the molecule is COc1nc(N)nc(NC(C)CCc2ccco2)n1. The van der Waals surface area contributed by atoms with E-state index in [1.165, 1.54) is 7.11 Å². The lowest BCUT2D eigenvalue weighted by Crippen LogP contribution is -2.18. The Morgan fingerprint density at radius 3 is 2.95 bits per heavy atom. The lowest BCUT2D eigenvalue weighted by Gasteiger charge is -2.13. The number of methoxy groups -OCH3 is 1. The number of nitrogen functional groups attached to an aromatic ring is 1. The van der Waals surface area contributed by atoms with Crippen molar-refractivity contribution < 1.29 is 9.15 Å². The number of furan rings is 1. The summed E-state index contributed by atoms with van der Waals surface area (Å²) in [4.78, 5) is 11.9. The first-order valence-corrected chi connectivity index (χ1v) is 6.02. The van der Waals surface area contributed by atoms with Crippen LogP contribution in [0.1, 0.15) is 19.1 Å². The molecule has 0 radical (unpaired) electrons. The molecule has 19 heavy (non-hydrogen) atoms. The summed E-state index contributed by atoms with van der Waals surface area (Å²) in [5, 5.41) is 3.16. The summed E-state index contributed by atoms with van der Waals surface area (Å²) in [6.07, 6.45) is 3.41. The number of nitrogens with zero attached hydrogens (tertiary/aromatic N) is 3. The summed E-state index contributed by atoms with van der Waals surface area (Å²) in [5.41, 5.74) is 5.56. The first kappa shape index (κ1) is 13.1. The van der Waals surface area contributed by atoms with Gasteiger partial charge in [-0.3, -0.25) is 0 Å². The van der Waals surface area contributed by atoms with Gasteiger partial charge in [0, 0.05) is 12.5 Å². The Bertz CT molecular complexity index is 515. The molecule has 7 nitrogen and oxygen atoms in total. The fraction of sp³-hybridized carbons (Fsp3) is 0.417. The molecule has 7 heteroatoms. The van der Waals surface area contributed by atoms with E-state index in [1.807, 2.05) is 19.1 Å². The quantitative estimate of drug-likeness (QED) is 0.814. The van der Waals surface area contributed by atoms with Crippen LogP contribution >= 0.6 is 0 Å². The predicted octanol–water partition coefficient (Wildman–Crippen LogP) is 1.49. The molecule has 0 saturated carbocycles. The Labute approximate surface area is 111 Å². The van der Waals surface area contributed by atoms with E-state index in [4.69, 9.17) is 14.9 Å². The third-order valence-electron chi connectivity index (χ3n) is 2.59. The van der Waals surface area contributed by atoms with Gasteiger partial charge in [-0.15, -0.1) is 0 Å². The molecule has 0 amide bonds. The van der Waals surface area contributed by atoms with Gasteiger partial charge in [-0.25, -0.2) is 0 Å². The van der Waals surface area contributed by atoms with Crippen LogP contribution in [0.5, 0.6) is 6.01 Å². The molecule has 0 aliphatic rings. The van der Waals surface area contributed by atoms with Gasteiger partial charge in [0.1, 0.15) is 5.76 Å². The molecule has 0 bridgehead atoms. The number of aryl methyl sites for hydroxylation is 1. The average Bonchev–Trinajstić information content (AvgIpc) is 2.88. The molecule has 0 aliphatic carbocycles. The van der Waals surface area contributed by atoms with Gasteiger partial charge in [-0.1, -0.05) is 0 Å². The summed E-state index contributed by atoms with van der Waals surface area (Å²) in [5.74, 6) is 1.50. The zero-order valence-corrected chi connectivity index (χ0v) is 11.0. The van der Waals surface area contributed by atoms with Crippen LogP contribution in [-0.4, -0.2) is 28.1 Å². The summed E-state index contributed by atoms with van der Waals surface area (Å²) >= 11 is 0. The van der Waals surface area contributed by atoms with Gasteiger partial charge in [0.25, 0.3) is 0 Å². The van der Waals surface area contributed by atoms with E-state index in [-0.39, 0.29) is 18.0 Å². The highest BCUT2D eigenvalue weighted by Crippen LogP contribution is 2.12. The van der Waals surface area contributed by atoms with Crippen molar-refractivity contribution in [3.05, 3.63) is 24.2 Å². The van der Waals surface area contributed by atoms with Crippen molar-refractivity contribution in [3.8, 4) is 6.01 Å². The topological polar surface area (TPSA) is 99.1 Å². The standard InChI is InChI=1S/C12H17N5O2/c1-8(5-6-9-4-3-7-19-9)14-11-15-10(13)16-12(17-11)18-2/h3-4,7-8H,5-6H2,1-2H3,(H3,13,14,15,16,17). The minimum Gasteiger partial charge on any atom is -0.469 e. The second kappa shape index (κ2) is 6.03. The van der Waals surface area contributed by atoms with Crippen LogP contribution in [0.2, 0.25) is 0 Å². The van der Waals surface area contributed by atoms with Crippen LogP contribution in [0.25, 0.3) is 0 Å². The Morgan fingerprint density at radius 1 is 1.42 bits per heavy atom. The normalized spacial score (nSPS) is 12.1. The van der Waals surface area contributed by atoms with Crippen molar-refractivity contribution in [1.82, 2.24) is 15.0 Å². The zero-order valence-electron chi connectivity index (χ0n) is 11.0. The molecule has 0 aromatic carbocycles. The van der Waals surface area contributed by atoms with Gasteiger partial charge in [0.2, 0.25) is 11.9 Å². The lowest BCUT2D eigenvalue weighted by molar-refractivity contribution is 0.379. The number of nitrogens with one attached hydrogen (secondary N) is 1. The maximum absolute atomic E-state index is 5.56. The summed E-state index contributed by atoms with van der Waals surface area (Å²) in [6.45, 7) is 2.04. The molecule has 102 valence electrons. The van der Waals surface area contributed by atoms with E-state index in [1.54, 1.807) is 6.26 Å². The van der Waals surface area contributed by atoms with Crippen molar-refractivity contribution >= 4 is 11.9 Å². The van der Waals surface area contributed by atoms with Gasteiger partial charge in [-0.05, 0) is 25.5 Å². The maximum Gasteiger partial charge on any atom is 0.322 e. The monoisotopic (exact) mass is 263 g/mol. The molecule has 3 N–H and O–H groups in total. The fourth-order valence-electron chi connectivity index (χ4n) is 1.63. The number of nitrogens with two attached hydrogens (primary N) is 1. The minimum absolute atomic E-state index is 0.132. The smallest absolute Gasteiger partial charge is 0.322 e. The number of hydrogen-bond acceptors (Lipinski definition) is 7. The van der Waals surface area contributed by atoms with Crippen molar-refractivity contribution in [3.63, 3.8) is 0 Å². The number of rotatable bonds is 6. The predicted molar refractivity (Wildman–Crippen MR) is 70.9 cm³/mol. The van der Waals surface area contributed by atoms with Gasteiger partial charge in [0.15, 0.2) is 0 Å². The van der Waals surface area contributed by atoms with Crippen LogP contribution in [0.4, 0.5) is 11.9 Å². The Balaban J connectivity index is 1.91. The first-order valence-electron chi connectivity index (χ1n) is 6.02. The van der Waals surface area contributed by atoms with E-state index in [0.29, 0.717) is 5.95 Å². The fourth-order valence-corrected chi connectivity index (χ4v) is 1.63. The summed E-state index contributed by atoms with van der Waals surface area (Å²) in [6, 6.07) is 4.21. The van der Waals surface area contributed by atoms with E-state index in [9.17, 15) is 0 Å². The van der Waals surface area contributed by atoms with Crippen molar-refractivity contribution in [2.45, 2.75) is 25.8 Å². The largest absolute Gasteiger partial charge is 0.469 e. The summed E-state index contributed by atoms with van der Waals surface area (Å²) < 4.78 is 10.2. The van der Waals surface area contributed by atoms with E-state index in [2.05, 4.69) is 20.3 Å². The van der Waals surface area contributed by atoms with E-state index in [0.717, 1.165) is 18.6 Å². The van der Waals surface area contributed by atoms with Gasteiger partial charge >= 0.3 is 6.01 Å². The number of hydrogen-bond donors (Lipinski definition) is 2. The highest BCUT2D eigenvalue weighted by Gasteiger charge is 2.09. The molecular formula is C12H17N5O2. The van der Waals surface area contributed by atoms with Crippen LogP contribution in [-0.2, 0) is 6.42 Å². The molecule has 2 aromatic heterocycles. The van der Waals surface area contributed by atoms with Gasteiger partial charge in [-0.2, -0.15) is 15.0 Å². The number of ether oxygens (including phenoxy) is 1. The molecular weight excluding hydrogens is 246 g/mol. The highest BCUT2D eigenvalue weighted by molar-refractivity contribution is 5.33.